The van der Waals surface area contributed by atoms with Crippen molar-refractivity contribution in [2.75, 3.05) is 11.9 Å². The first-order valence-electron chi connectivity index (χ1n) is 5.03. The number of nitrogens with two attached hydrogens (primary N) is 1. The van der Waals surface area contributed by atoms with Gasteiger partial charge in [-0.05, 0) is 13.8 Å². The van der Waals surface area contributed by atoms with E-state index in [4.69, 9.17) is 10.2 Å². The van der Waals surface area contributed by atoms with Gasteiger partial charge in [-0.15, -0.1) is 0 Å². The summed E-state index contributed by atoms with van der Waals surface area (Å²) >= 11 is 0. The number of furan rings is 1. The number of hydrogen-bond acceptors (Lipinski definition) is 6. The Balaban J connectivity index is 2.20. The molecule has 2 heterocycles. The van der Waals surface area contributed by atoms with E-state index in [0.717, 1.165) is 11.4 Å². The van der Waals surface area contributed by atoms with Crippen LogP contribution in [-0.4, -0.2) is 25.1 Å². The van der Waals surface area contributed by atoms with Gasteiger partial charge in [0.05, 0.1) is 5.69 Å². The summed E-state index contributed by atoms with van der Waals surface area (Å²) in [5, 5.41) is 2.92. The molecule has 0 aliphatic carbocycles. The van der Waals surface area contributed by atoms with E-state index >= 15 is 0 Å². The highest BCUT2D eigenvalue weighted by Gasteiger charge is 2.16. The number of nitrogens with one attached hydrogen (secondary N) is 1. The van der Waals surface area contributed by atoms with E-state index in [1.807, 2.05) is 31.9 Å². The van der Waals surface area contributed by atoms with Crippen molar-refractivity contribution in [1.82, 2.24) is 5.32 Å². The van der Waals surface area contributed by atoms with Gasteiger partial charge < -0.3 is 15.1 Å². The molecule has 0 spiro atoms. The second-order valence-corrected chi connectivity index (χ2v) is 3.70. The van der Waals surface area contributed by atoms with Crippen molar-refractivity contribution in [2.45, 2.75) is 20.0 Å². The Morgan fingerprint density at radius 2 is 2.25 bits per heavy atom. The van der Waals surface area contributed by atoms with Crippen LogP contribution in [0.4, 0.5) is 5.69 Å². The van der Waals surface area contributed by atoms with Gasteiger partial charge in [-0.3, -0.25) is 5.32 Å². The summed E-state index contributed by atoms with van der Waals surface area (Å²) in [6, 6.07) is 1.93. The molecule has 1 aromatic rings. The molecule has 0 fully saturated rings. The fraction of sp³-hybridized carbons (Fsp3) is 0.400. The molecule has 1 unspecified atom stereocenters. The lowest BCUT2D eigenvalue weighted by atomic mass is 10.4. The molecule has 1 aliphatic heterocycles. The second kappa shape index (κ2) is 3.88. The van der Waals surface area contributed by atoms with Crippen molar-refractivity contribution in [3.05, 3.63) is 18.1 Å². The third-order valence-electron chi connectivity index (χ3n) is 2.30. The highest BCUT2D eigenvalue weighted by Crippen LogP contribution is 2.17. The Hall–Kier alpha value is -1.98. The molecular weight excluding hydrogens is 206 g/mol. The molecule has 1 aliphatic rings. The third kappa shape index (κ3) is 2.00. The summed E-state index contributed by atoms with van der Waals surface area (Å²) in [6.45, 7) is 3.77. The Bertz CT molecular complexity index is 448. The van der Waals surface area contributed by atoms with Crippen molar-refractivity contribution in [3.8, 4) is 0 Å². The topological polar surface area (TPSA) is 79.2 Å². The first-order valence-corrected chi connectivity index (χ1v) is 5.03. The van der Waals surface area contributed by atoms with Crippen LogP contribution in [0.2, 0.25) is 0 Å². The minimum Gasteiger partial charge on any atom is -0.467 e. The number of nitrogens with zero attached hydrogens (tertiary/aromatic N) is 3. The van der Waals surface area contributed by atoms with E-state index in [1.165, 1.54) is 0 Å². The molecule has 0 amide bonds. The van der Waals surface area contributed by atoms with E-state index in [1.54, 1.807) is 6.26 Å². The molecular formula is C10H15N5O. The number of aryl methyl sites for hydroxylation is 1. The van der Waals surface area contributed by atoms with Crippen LogP contribution in [0.3, 0.4) is 0 Å². The van der Waals surface area contributed by atoms with E-state index < -0.39 is 0 Å². The normalized spacial score (nSPS) is 19.8. The first kappa shape index (κ1) is 10.5. The van der Waals surface area contributed by atoms with E-state index in [9.17, 15) is 0 Å². The third-order valence-corrected chi connectivity index (χ3v) is 2.30. The average Bonchev–Trinajstić information content (AvgIpc) is 2.62. The summed E-state index contributed by atoms with van der Waals surface area (Å²) < 4.78 is 5.24. The van der Waals surface area contributed by atoms with Gasteiger partial charge in [-0.2, -0.15) is 0 Å². The van der Waals surface area contributed by atoms with E-state index in [0.29, 0.717) is 11.9 Å². The van der Waals surface area contributed by atoms with Crippen LogP contribution < -0.4 is 16.0 Å². The van der Waals surface area contributed by atoms with Crippen molar-refractivity contribution >= 4 is 17.6 Å². The highest BCUT2D eigenvalue weighted by molar-refractivity contribution is 6.06. The van der Waals surface area contributed by atoms with Gasteiger partial charge in [0.2, 0.25) is 5.96 Å². The zero-order valence-electron chi connectivity index (χ0n) is 9.56. The molecule has 86 valence electrons. The number of anilines is 1. The predicted molar refractivity (Wildman–Crippen MR) is 63.5 cm³/mol. The smallest absolute Gasteiger partial charge is 0.207 e. The lowest BCUT2D eigenvalue weighted by molar-refractivity contribution is 0.534. The van der Waals surface area contributed by atoms with Crippen molar-refractivity contribution in [1.29, 1.82) is 0 Å². The first-order chi connectivity index (χ1) is 7.56. The molecule has 6 nitrogen and oxygen atoms in total. The van der Waals surface area contributed by atoms with Gasteiger partial charge in [-0.25, -0.2) is 9.98 Å². The zero-order valence-corrected chi connectivity index (χ0v) is 9.56. The standard InChI is InChI=1S/C10H15N5O/c1-6-4-8(5-16-6)15(3)10-13-7(2)12-9(11)14-10/h4-5,7H,1-3H3,(H3,11,12,13,14). The van der Waals surface area contributed by atoms with Gasteiger partial charge in [0.15, 0.2) is 5.96 Å². The van der Waals surface area contributed by atoms with E-state index in [-0.39, 0.29) is 6.17 Å². The Kier molecular flexibility index (Phi) is 2.55. The molecule has 16 heavy (non-hydrogen) atoms. The Morgan fingerprint density at radius 1 is 1.50 bits per heavy atom. The van der Waals surface area contributed by atoms with Gasteiger partial charge in [0, 0.05) is 13.1 Å². The molecule has 1 aromatic heterocycles. The highest BCUT2D eigenvalue weighted by atomic mass is 16.3. The molecule has 0 bridgehead atoms. The lowest BCUT2D eigenvalue weighted by Gasteiger charge is -2.24. The van der Waals surface area contributed by atoms with Crippen LogP contribution in [0.25, 0.3) is 0 Å². The fourth-order valence-electron chi connectivity index (χ4n) is 1.48. The number of rotatable bonds is 1. The maximum absolute atomic E-state index is 5.64. The summed E-state index contributed by atoms with van der Waals surface area (Å²) in [7, 11) is 1.89. The fourth-order valence-corrected chi connectivity index (χ4v) is 1.48. The van der Waals surface area contributed by atoms with Crippen LogP contribution in [0.15, 0.2) is 26.7 Å². The molecule has 0 saturated carbocycles. The Labute approximate surface area is 93.8 Å². The van der Waals surface area contributed by atoms with Crippen LogP contribution in [-0.2, 0) is 0 Å². The molecule has 6 heteroatoms. The van der Waals surface area contributed by atoms with Crippen LogP contribution in [0, 0.1) is 6.92 Å². The Morgan fingerprint density at radius 3 is 2.81 bits per heavy atom. The molecule has 0 aromatic carbocycles. The SMILES string of the molecule is Cc1cc(N(C)C2=NC(C)N=C(N)N2)co1. The van der Waals surface area contributed by atoms with Crippen LogP contribution in [0.1, 0.15) is 12.7 Å². The monoisotopic (exact) mass is 221 g/mol. The lowest BCUT2D eigenvalue weighted by Crippen LogP contribution is -2.48. The van der Waals surface area contributed by atoms with E-state index in [2.05, 4.69) is 15.3 Å². The van der Waals surface area contributed by atoms with Crippen molar-refractivity contribution in [2.24, 2.45) is 15.7 Å². The van der Waals surface area contributed by atoms with Crippen LogP contribution in [0.5, 0.6) is 0 Å². The van der Waals surface area contributed by atoms with Gasteiger partial charge in [0.1, 0.15) is 18.2 Å². The zero-order chi connectivity index (χ0) is 11.7. The van der Waals surface area contributed by atoms with Gasteiger partial charge >= 0.3 is 0 Å². The van der Waals surface area contributed by atoms with Crippen LogP contribution >= 0.6 is 0 Å². The van der Waals surface area contributed by atoms with Crippen molar-refractivity contribution < 1.29 is 4.42 Å². The number of hydrogen-bond donors (Lipinski definition) is 2. The molecule has 2 rings (SSSR count). The summed E-state index contributed by atoms with van der Waals surface area (Å²) in [5.41, 5.74) is 6.57. The summed E-state index contributed by atoms with van der Waals surface area (Å²) in [5.74, 6) is 1.90. The van der Waals surface area contributed by atoms with Gasteiger partial charge in [0.25, 0.3) is 0 Å². The molecule has 0 radical (unpaired) electrons. The largest absolute Gasteiger partial charge is 0.467 e. The predicted octanol–water partition coefficient (Wildman–Crippen LogP) is 0.644. The van der Waals surface area contributed by atoms with Gasteiger partial charge in [-0.1, -0.05) is 0 Å². The summed E-state index contributed by atoms with van der Waals surface area (Å²) in [6.07, 6.45) is 1.51. The minimum atomic E-state index is -0.160. The second-order valence-electron chi connectivity index (χ2n) is 3.70. The molecule has 0 saturated heterocycles. The van der Waals surface area contributed by atoms with Crippen molar-refractivity contribution in [3.63, 3.8) is 0 Å². The average molecular weight is 221 g/mol. The molecule has 1 atom stereocenters. The quantitative estimate of drug-likeness (QED) is 0.729. The number of aliphatic imine (C=N–C) groups is 2. The minimum absolute atomic E-state index is 0.160. The molecule has 3 N–H and O–H groups in total. The maximum Gasteiger partial charge on any atom is 0.207 e. The maximum atomic E-state index is 5.64. The summed E-state index contributed by atoms with van der Waals surface area (Å²) in [4.78, 5) is 10.3. The number of guanidine groups is 2.